The second-order valence-electron chi connectivity index (χ2n) is 5.48. The molecule has 0 fully saturated rings. The number of hydrogen-bond donors (Lipinski definition) is 0. The molecule has 22 heavy (non-hydrogen) atoms. The van der Waals surface area contributed by atoms with E-state index in [1.165, 1.54) is 11.1 Å². The average Bonchev–Trinajstić information content (AvgIpc) is 3.01. The molecule has 0 aliphatic carbocycles. The summed E-state index contributed by atoms with van der Waals surface area (Å²) in [6.45, 7) is 3.85. The number of halogens is 1. The fraction of sp³-hybridized carbons (Fsp3) is 0.389. The molecule has 116 valence electrons. The number of nitrogens with zero attached hydrogens (tertiary/aromatic N) is 1. The lowest BCUT2D eigenvalue weighted by molar-refractivity contribution is 0.132. The molecule has 1 aliphatic rings. The maximum absolute atomic E-state index is 5.90. The van der Waals surface area contributed by atoms with E-state index in [1.54, 1.807) is 0 Å². The van der Waals surface area contributed by atoms with Crippen LogP contribution >= 0.6 is 11.6 Å². The van der Waals surface area contributed by atoms with E-state index in [2.05, 4.69) is 24.3 Å². The Labute approximate surface area is 136 Å². The van der Waals surface area contributed by atoms with Crippen molar-refractivity contribution in [1.29, 1.82) is 0 Å². The molecule has 0 bridgehead atoms. The molecule has 0 amide bonds. The molecular formula is C18H20ClNO2. The van der Waals surface area contributed by atoms with Crippen molar-refractivity contribution in [2.24, 2.45) is 0 Å². The normalized spacial score (nSPS) is 13.2. The molecule has 0 spiro atoms. The van der Waals surface area contributed by atoms with Gasteiger partial charge in [0.1, 0.15) is 5.75 Å². The van der Waals surface area contributed by atoms with Gasteiger partial charge in [-0.1, -0.05) is 30.3 Å². The van der Waals surface area contributed by atoms with Gasteiger partial charge in [0, 0.05) is 23.4 Å². The number of fused-ring (bicyclic) bond motifs is 1. The van der Waals surface area contributed by atoms with Crippen molar-refractivity contribution in [3.05, 3.63) is 58.4 Å². The van der Waals surface area contributed by atoms with Crippen LogP contribution in [-0.2, 0) is 24.4 Å². The number of aromatic nitrogens is 1. The highest BCUT2D eigenvalue weighted by Gasteiger charge is 2.23. The van der Waals surface area contributed by atoms with E-state index in [4.69, 9.17) is 26.1 Å². The molecule has 0 saturated carbocycles. The molecule has 2 aromatic rings. The molecule has 1 aromatic carbocycles. The Bertz CT molecular complexity index is 643. The number of rotatable bonds is 6. The summed E-state index contributed by atoms with van der Waals surface area (Å²) >= 11 is 5.72. The third kappa shape index (κ3) is 3.26. The van der Waals surface area contributed by atoms with E-state index < -0.39 is 0 Å². The number of aryl methyl sites for hydroxylation is 1. The molecule has 1 aliphatic heterocycles. The van der Waals surface area contributed by atoms with Crippen LogP contribution in [0.15, 0.2) is 30.3 Å². The van der Waals surface area contributed by atoms with Gasteiger partial charge in [-0.15, -0.1) is 11.6 Å². The second kappa shape index (κ2) is 7.12. The first-order valence-electron chi connectivity index (χ1n) is 7.61. The molecule has 4 heteroatoms. The fourth-order valence-electron chi connectivity index (χ4n) is 2.78. The van der Waals surface area contributed by atoms with Gasteiger partial charge in [0.2, 0.25) is 0 Å². The van der Waals surface area contributed by atoms with Crippen molar-refractivity contribution in [2.75, 3.05) is 12.5 Å². The molecule has 1 aromatic heterocycles. The van der Waals surface area contributed by atoms with Crippen molar-refractivity contribution in [1.82, 2.24) is 4.98 Å². The molecule has 3 rings (SSSR count). The minimum atomic E-state index is 0.608. The molecule has 0 unspecified atom stereocenters. The van der Waals surface area contributed by atoms with E-state index in [1.807, 2.05) is 13.0 Å². The molecular weight excluding hydrogens is 298 g/mol. The van der Waals surface area contributed by atoms with Crippen molar-refractivity contribution in [3.63, 3.8) is 0 Å². The summed E-state index contributed by atoms with van der Waals surface area (Å²) in [6, 6.07) is 10.4. The van der Waals surface area contributed by atoms with Crippen LogP contribution < -0.4 is 4.74 Å². The minimum absolute atomic E-state index is 0.608. The molecule has 0 radical (unpaired) electrons. The van der Waals surface area contributed by atoms with Crippen LogP contribution in [0.25, 0.3) is 0 Å². The predicted octanol–water partition coefficient (Wildman–Crippen LogP) is 4.02. The lowest BCUT2D eigenvalue weighted by Gasteiger charge is -2.15. The van der Waals surface area contributed by atoms with Gasteiger partial charge in [0.05, 0.1) is 31.2 Å². The summed E-state index contributed by atoms with van der Waals surface area (Å²) < 4.78 is 11.5. The van der Waals surface area contributed by atoms with Gasteiger partial charge in [0.25, 0.3) is 0 Å². The Morgan fingerprint density at radius 3 is 2.73 bits per heavy atom. The van der Waals surface area contributed by atoms with Crippen LogP contribution in [0.2, 0.25) is 0 Å². The van der Waals surface area contributed by atoms with Crippen molar-refractivity contribution in [3.8, 4) is 5.75 Å². The van der Waals surface area contributed by atoms with E-state index in [9.17, 15) is 0 Å². The summed E-state index contributed by atoms with van der Waals surface area (Å²) in [5, 5.41) is 0. The highest BCUT2D eigenvalue weighted by Crippen LogP contribution is 2.34. The summed E-state index contributed by atoms with van der Waals surface area (Å²) in [4.78, 5) is 4.78. The third-order valence-corrected chi connectivity index (χ3v) is 4.12. The molecule has 0 atom stereocenters. The van der Waals surface area contributed by atoms with Gasteiger partial charge in [-0.3, -0.25) is 4.98 Å². The molecule has 3 nitrogen and oxygen atoms in total. The maximum Gasteiger partial charge on any atom is 0.146 e. The van der Waals surface area contributed by atoms with Crippen molar-refractivity contribution < 1.29 is 9.47 Å². The first-order valence-corrected chi connectivity index (χ1v) is 8.14. The number of hydrogen-bond acceptors (Lipinski definition) is 3. The smallest absolute Gasteiger partial charge is 0.146 e. The van der Waals surface area contributed by atoms with Gasteiger partial charge >= 0.3 is 0 Å². The zero-order valence-corrected chi connectivity index (χ0v) is 13.5. The summed E-state index contributed by atoms with van der Waals surface area (Å²) in [6.07, 6.45) is 1.66. The summed E-state index contributed by atoms with van der Waals surface area (Å²) in [7, 11) is 0. The van der Waals surface area contributed by atoms with Gasteiger partial charge in [-0.2, -0.15) is 0 Å². The topological polar surface area (TPSA) is 31.4 Å². The Morgan fingerprint density at radius 2 is 1.95 bits per heavy atom. The lowest BCUT2D eigenvalue weighted by atomic mass is 10.0. The van der Waals surface area contributed by atoms with E-state index in [0.717, 1.165) is 35.5 Å². The molecule has 2 heterocycles. The first kappa shape index (κ1) is 15.3. The van der Waals surface area contributed by atoms with Crippen molar-refractivity contribution in [2.45, 2.75) is 33.0 Å². The van der Waals surface area contributed by atoms with Gasteiger partial charge in [-0.05, 0) is 18.9 Å². The van der Waals surface area contributed by atoms with Crippen LogP contribution in [0, 0.1) is 6.92 Å². The number of alkyl halides is 1. The fourth-order valence-corrected chi connectivity index (χ4v) is 2.89. The standard InChI is InChI=1S/C18H20ClNO2/c1-13-18(22-9-5-8-19)16-12-21-11-15(16)17(20-13)10-14-6-3-2-4-7-14/h2-4,6-7H,5,8-12H2,1H3. The highest BCUT2D eigenvalue weighted by atomic mass is 35.5. The van der Waals surface area contributed by atoms with Crippen LogP contribution in [0.1, 0.15) is 34.5 Å². The van der Waals surface area contributed by atoms with E-state index in [0.29, 0.717) is 25.7 Å². The highest BCUT2D eigenvalue weighted by molar-refractivity contribution is 6.17. The van der Waals surface area contributed by atoms with Gasteiger partial charge in [0.15, 0.2) is 0 Å². The Balaban J connectivity index is 1.89. The average molecular weight is 318 g/mol. The summed E-state index contributed by atoms with van der Waals surface area (Å²) in [5.41, 5.74) is 5.65. The quantitative estimate of drug-likeness (QED) is 0.595. The summed E-state index contributed by atoms with van der Waals surface area (Å²) in [5.74, 6) is 1.49. The van der Waals surface area contributed by atoms with Gasteiger partial charge < -0.3 is 9.47 Å². The Hall–Kier alpha value is -1.58. The number of benzene rings is 1. The largest absolute Gasteiger partial charge is 0.491 e. The van der Waals surface area contributed by atoms with E-state index >= 15 is 0 Å². The minimum Gasteiger partial charge on any atom is -0.491 e. The predicted molar refractivity (Wildman–Crippen MR) is 87.5 cm³/mol. The SMILES string of the molecule is Cc1nc(Cc2ccccc2)c2c(c1OCCCCl)COC2. The first-order chi connectivity index (χ1) is 10.8. The van der Waals surface area contributed by atoms with Crippen LogP contribution in [0.4, 0.5) is 0 Å². The van der Waals surface area contributed by atoms with E-state index in [-0.39, 0.29) is 0 Å². The third-order valence-electron chi connectivity index (χ3n) is 3.85. The maximum atomic E-state index is 5.90. The Morgan fingerprint density at radius 1 is 1.18 bits per heavy atom. The van der Waals surface area contributed by atoms with Crippen molar-refractivity contribution >= 4 is 11.6 Å². The second-order valence-corrected chi connectivity index (χ2v) is 5.85. The molecule has 0 saturated heterocycles. The zero-order chi connectivity index (χ0) is 15.4. The number of pyridine rings is 1. The van der Waals surface area contributed by atoms with Gasteiger partial charge in [-0.25, -0.2) is 0 Å². The zero-order valence-electron chi connectivity index (χ0n) is 12.8. The monoisotopic (exact) mass is 317 g/mol. The van der Waals surface area contributed by atoms with Crippen LogP contribution in [-0.4, -0.2) is 17.5 Å². The number of ether oxygens (including phenoxy) is 2. The molecule has 0 N–H and O–H groups in total. The Kier molecular flexibility index (Phi) is 4.96. The van der Waals surface area contributed by atoms with Crippen LogP contribution in [0.5, 0.6) is 5.75 Å². The lowest BCUT2D eigenvalue weighted by Crippen LogP contribution is -2.07. The van der Waals surface area contributed by atoms with Crippen LogP contribution in [0.3, 0.4) is 0 Å².